The van der Waals surface area contributed by atoms with Crippen LogP contribution in [0.1, 0.15) is 34.8 Å². The fourth-order valence-electron chi connectivity index (χ4n) is 1.28. The summed E-state index contributed by atoms with van der Waals surface area (Å²) in [4.78, 5) is 15.2. The van der Waals surface area contributed by atoms with Crippen LogP contribution in [-0.2, 0) is 10.6 Å². The molecule has 0 N–H and O–H groups in total. The Bertz CT molecular complexity index is 427. The number of ether oxygens (including phenoxy) is 1. The highest BCUT2D eigenvalue weighted by Gasteiger charge is 2.25. The summed E-state index contributed by atoms with van der Waals surface area (Å²) in [5.74, 6) is -1.07. The molecule has 0 unspecified atom stereocenters. The van der Waals surface area contributed by atoms with Crippen molar-refractivity contribution >= 4 is 29.2 Å². The third kappa shape index (κ3) is 3.04. The highest BCUT2D eigenvalue weighted by atomic mass is 35.5. The fourth-order valence-corrected chi connectivity index (χ4v) is 1.82. The minimum absolute atomic E-state index is 0.0598. The van der Waals surface area contributed by atoms with E-state index in [4.69, 9.17) is 27.9 Å². The SMILES string of the molecule is CCOC(=O)c1c(C(F)F)cnc(Cl)c1CCl. The quantitative estimate of drug-likeness (QED) is 0.482. The van der Waals surface area contributed by atoms with Crippen LogP contribution in [0.3, 0.4) is 0 Å². The van der Waals surface area contributed by atoms with Crippen LogP contribution in [-0.4, -0.2) is 17.6 Å². The molecule has 0 bridgehead atoms. The third-order valence-corrected chi connectivity index (χ3v) is 2.60. The lowest BCUT2D eigenvalue weighted by Crippen LogP contribution is -2.13. The van der Waals surface area contributed by atoms with Gasteiger partial charge in [0.1, 0.15) is 5.15 Å². The summed E-state index contributed by atoms with van der Waals surface area (Å²) in [5.41, 5.74) is -0.759. The van der Waals surface area contributed by atoms with E-state index in [2.05, 4.69) is 4.98 Å². The van der Waals surface area contributed by atoms with E-state index in [1.165, 1.54) is 0 Å². The zero-order chi connectivity index (χ0) is 13.0. The summed E-state index contributed by atoms with van der Waals surface area (Å²) in [6.07, 6.45) is -1.99. The molecule has 0 aliphatic rings. The van der Waals surface area contributed by atoms with Crippen molar-refractivity contribution in [3.8, 4) is 0 Å². The molecule has 0 aliphatic heterocycles. The number of hydrogen-bond acceptors (Lipinski definition) is 3. The molecule has 1 aromatic rings. The number of carbonyl (C=O) groups excluding carboxylic acids is 1. The smallest absolute Gasteiger partial charge is 0.339 e. The number of esters is 1. The first-order chi connectivity index (χ1) is 8.02. The van der Waals surface area contributed by atoms with Crippen LogP contribution in [0.4, 0.5) is 8.78 Å². The van der Waals surface area contributed by atoms with Crippen LogP contribution in [0.25, 0.3) is 0 Å². The standard InChI is InChI=1S/C10H9Cl2F2NO2/c1-2-17-10(16)7-5(3-11)8(12)15-4-6(7)9(13)14/h4,9H,2-3H2,1H3. The molecule has 0 aliphatic carbocycles. The van der Waals surface area contributed by atoms with Crippen molar-refractivity contribution in [2.24, 2.45) is 0 Å². The lowest BCUT2D eigenvalue weighted by molar-refractivity contribution is 0.0514. The minimum atomic E-state index is -2.85. The maximum atomic E-state index is 12.7. The first-order valence-corrected chi connectivity index (χ1v) is 5.62. The molecule has 17 heavy (non-hydrogen) atoms. The lowest BCUT2D eigenvalue weighted by atomic mass is 10.1. The van der Waals surface area contributed by atoms with Crippen LogP contribution in [0.15, 0.2) is 6.20 Å². The highest BCUT2D eigenvalue weighted by Crippen LogP contribution is 2.30. The molecule has 0 saturated heterocycles. The van der Waals surface area contributed by atoms with E-state index >= 15 is 0 Å². The van der Waals surface area contributed by atoms with Crippen LogP contribution >= 0.6 is 23.2 Å². The van der Waals surface area contributed by atoms with Gasteiger partial charge in [0.05, 0.1) is 23.6 Å². The summed E-state index contributed by atoms with van der Waals surface area (Å²) >= 11 is 11.3. The number of aromatic nitrogens is 1. The fraction of sp³-hybridized carbons (Fsp3) is 0.400. The minimum Gasteiger partial charge on any atom is -0.462 e. The van der Waals surface area contributed by atoms with Crippen LogP contribution in [0.5, 0.6) is 0 Å². The predicted molar refractivity (Wildman–Crippen MR) is 59.7 cm³/mol. The Kier molecular flexibility index (Phi) is 5.08. The summed E-state index contributed by atoms with van der Waals surface area (Å²) < 4.78 is 30.2. The van der Waals surface area contributed by atoms with E-state index in [9.17, 15) is 13.6 Å². The van der Waals surface area contributed by atoms with Crippen molar-refractivity contribution < 1.29 is 18.3 Å². The number of carbonyl (C=O) groups is 1. The van der Waals surface area contributed by atoms with E-state index < -0.39 is 18.0 Å². The molecule has 0 atom stereocenters. The zero-order valence-corrected chi connectivity index (χ0v) is 10.4. The van der Waals surface area contributed by atoms with Crippen molar-refractivity contribution in [3.05, 3.63) is 28.0 Å². The molecule has 3 nitrogen and oxygen atoms in total. The molecule has 1 rings (SSSR count). The van der Waals surface area contributed by atoms with E-state index in [0.29, 0.717) is 0 Å². The second-order valence-electron chi connectivity index (χ2n) is 3.01. The number of nitrogens with zero attached hydrogens (tertiary/aromatic N) is 1. The molecular formula is C10H9Cl2F2NO2. The van der Waals surface area contributed by atoms with Gasteiger partial charge in [-0.05, 0) is 6.92 Å². The molecular weight excluding hydrogens is 275 g/mol. The molecule has 0 amide bonds. The molecule has 0 radical (unpaired) electrons. The molecule has 1 heterocycles. The Hall–Kier alpha value is -0.940. The van der Waals surface area contributed by atoms with Crippen molar-refractivity contribution in [2.45, 2.75) is 19.2 Å². The molecule has 0 aromatic carbocycles. The summed E-state index contributed by atoms with van der Waals surface area (Å²) in [6.45, 7) is 1.65. The first-order valence-electron chi connectivity index (χ1n) is 4.71. The van der Waals surface area contributed by atoms with Crippen LogP contribution in [0.2, 0.25) is 5.15 Å². The molecule has 0 spiro atoms. The van der Waals surface area contributed by atoms with E-state index in [0.717, 1.165) is 6.20 Å². The molecule has 1 aromatic heterocycles. The largest absolute Gasteiger partial charge is 0.462 e. The Balaban J connectivity index is 3.38. The Morgan fingerprint density at radius 2 is 2.24 bits per heavy atom. The van der Waals surface area contributed by atoms with Crippen LogP contribution in [0, 0.1) is 0 Å². The first kappa shape index (κ1) is 14.1. The Labute approximate surface area is 107 Å². The van der Waals surface area contributed by atoms with Gasteiger partial charge in [0.25, 0.3) is 6.43 Å². The average Bonchev–Trinajstić information content (AvgIpc) is 2.28. The summed E-state index contributed by atoms with van der Waals surface area (Å²) in [5, 5.41) is -0.0764. The van der Waals surface area contributed by atoms with Gasteiger partial charge in [-0.15, -0.1) is 11.6 Å². The van der Waals surface area contributed by atoms with Gasteiger partial charge in [0, 0.05) is 11.8 Å². The number of hydrogen-bond donors (Lipinski definition) is 0. The third-order valence-electron chi connectivity index (χ3n) is 2.00. The van der Waals surface area contributed by atoms with Crippen molar-refractivity contribution in [3.63, 3.8) is 0 Å². The summed E-state index contributed by atoms with van der Waals surface area (Å²) in [6, 6.07) is 0. The maximum absolute atomic E-state index is 12.7. The maximum Gasteiger partial charge on any atom is 0.339 e. The van der Waals surface area contributed by atoms with Gasteiger partial charge in [0.2, 0.25) is 0 Å². The monoisotopic (exact) mass is 283 g/mol. The Morgan fingerprint density at radius 3 is 2.71 bits per heavy atom. The number of halogens is 4. The number of pyridine rings is 1. The molecule has 94 valence electrons. The predicted octanol–water partition coefficient (Wildman–Crippen LogP) is 3.59. The normalized spacial score (nSPS) is 10.7. The Morgan fingerprint density at radius 1 is 1.59 bits per heavy atom. The van der Waals surface area contributed by atoms with Crippen molar-refractivity contribution in [1.29, 1.82) is 0 Å². The second kappa shape index (κ2) is 6.12. The molecule has 7 heteroatoms. The van der Waals surface area contributed by atoms with Crippen molar-refractivity contribution in [2.75, 3.05) is 6.61 Å². The van der Waals surface area contributed by atoms with Gasteiger partial charge >= 0.3 is 5.97 Å². The summed E-state index contributed by atoms with van der Waals surface area (Å²) in [7, 11) is 0. The van der Waals surface area contributed by atoms with Gasteiger partial charge < -0.3 is 4.74 Å². The zero-order valence-electron chi connectivity index (χ0n) is 8.84. The number of rotatable bonds is 4. The van der Waals surface area contributed by atoms with Gasteiger partial charge in [0.15, 0.2) is 0 Å². The van der Waals surface area contributed by atoms with E-state index in [-0.39, 0.29) is 28.8 Å². The lowest BCUT2D eigenvalue weighted by Gasteiger charge is -2.12. The van der Waals surface area contributed by atoms with E-state index in [1.54, 1.807) is 6.92 Å². The van der Waals surface area contributed by atoms with E-state index in [1.807, 2.05) is 0 Å². The van der Waals surface area contributed by atoms with Gasteiger partial charge in [-0.2, -0.15) is 0 Å². The topological polar surface area (TPSA) is 39.2 Å². The molecule has 0 saturated carbocycles. The number of alkyl halides is 3. The van der Waals surface area contributed by atoms with Crippen molar-refractivity contribution in [1.82, 2.24) is 4.98 Å². The second-order valence-corrected chi connectivity index (χ2v) is 3.64. The highest BCUT2D eigenvalue weighted by molar-refractivity contribution is 6.31. The van der Waals surface area contributed by atoms with Gasteiger partial charge in [-0.1, -0.05) is 11.6 Å². The van der Waals surface area contributed by atoms with Gasteiger partial charge in [-0.3, -0.25) is 0 Å². The average molecular weight is 284 g/mol. The van der Waals surface area contributed by atoms with Crippen LogP contribution < -0.4 is 0 Å². The van der Waals surface area contributed by atoms with Gasteiger partial charge in [-0.25, -0.2) is 18.6 Å². The molecule has 0 fully saturated rings.